The van der Waals surface area contributed by atoms with Gasteiger partial charge in [-0.1, -0.05) is 53.7 Å². The Morgan fingerprint density at radius 2 is 1.90 bits per heavy atom. The molecule has 1 atom stereocenters. The van der Waals surface area contributed by atoms with E-state index in [1.54, 1.807) is 14.0 Å². The zero-order valence-corrected chi connectivity index (χ0v) is 16.7. The minimum atomic E-state index is -0.684. The van der Waals surface area contributed by atoms with Gasteiger partial charge in [-0.15, -0.1) is 0 Å². The molecule has 1 amide bonds. The Labute approximate surface area is 173 Å². The molecule has 0 saturated heterocycles. The molecule has 0 aliphatic heterocycles. The molecule has 1 aromatic heterocycles. The molecule has 0 aliphatic rings. The van der Waals surface area contributed by atoms with Crippen molar-refractivity contribution in [2.45, 2.75) is 19.6 Å². The fraction of sp³-hybridized carbons (Fsp3) is 0.174. The van der Waals surface area contributed by atoms with Crippen LogP contribution in [-0.2, 0) is 11.3 Å². The monoisotopic (exact) mass is 403 g/mol. The summed E-state index contributed by atoms with van der Waals surface area (Å²) in [6.45, 7) is 1.81. The van der Waals surface area contributed by atoms with Crippen LogP contribution in [-0.4, -0.2) is 29.3 Å². The number of carbonyl (C=O) groups excluding carboxylic acids is 1. The number of aromatic nitrogens is 2. The summed E-state index contributed by atoms with van der Waals surface area (Å²) >= 11 is 0. The van der Waals surface area contributed by atoms with E-state index in [1.165, 1.54) is 0 Å². The SMILES string of the molecule is COc1cccc(-c2noc(CNC(=O)[C@H](C)Oc3cccc4ccccc34)n2)c1. The van der Waals surface area contributed by atoms with E-state index in [0.29, 0.717) is 23.2 Å². The molecule has 0 unspecified atom stereocenters. The van der Waals surface area contributed by atoms with E-state index >= 15 is 0 Å². The molecule has 0 saturated carbocycles. The van der Waals surface area contributed by atoms with Gasteiger partial charge in [-0.25, -0.2) is 0 Å². The summed E-state index contributed by atoms with van der Waals surface area (Å²) in [6, 6.07) is 21.0. The van der Waals surface area contributed by atoms with E-state index in [9.17, 15) is 4.79 Å². The molecular weight excluding hydrogens is 382 g/mol. The molecule has 0 aliphatic carbocycles. The van der Waals surface area contributed by atoms with Gasteiger partial charge in [-0.3, -0.25) is 4.79 Å². The smallest absolute Gasteiger partial charge is 0.261 e. The summed E-state index contributed by atoms with van der Waals surface area (Å²) < 4.78 is 16.3. The molecule has 30 heavy (non-hydrogen) atoms. The summed E-state index contributed by atoms with van der Waals surface area (Å²) in [6.07, 6.45) is -0.684. The van der Waals surface area contributed by atoms with Crippen LogP contribution in [0.5, 0.6) is 11.5 Å². The van der Waals surface area contributed by atoms with Crippen LogP contribution in [0.3, 0.4) is 0 Å². The van der Waals surface area contributed by atoms with Crippen LogP contribution in [0.4, 0.5) is 0 Å². The molecule has 7 heteroatoms. The van der Waals surface area contributed by atoms with Crippen LogP contribution in [0.25, 0.3) is 22.2 Å². The first kappa shape index (κ1) is 19.4. The predicted molar refractivity (Wildman–Crippen MR) is 112 cm³/mol. The van der Waals surface area contributed by atoms with E-state index in [0.717, 1.165) is 16.3 Å². The molecule has 0 spiro atoms. The van der Waals surface area contributed by atoms with Gasteiger partial charge in [0, 0.05) is 10.9 Å². The normalized spacial score (nSPS) is 11.8. The van der Waals surface area contributed by atoms with E-state index in [4.69, 9.17) is 14.0 Å². The molecular formula is C23H21N3O4. The molecule has 1 N–H and O–H groups in total. The number of nitrogens with zero attached hydrogens (tertiary/aromatic N) is 2. The minimum Gasteiger partial charge on any atom is -0.497 e. The van der Waals surface area contributed by atoms with Crippen molar-refractivity contribution in [2.24, 2.45) is 0 Å². The van der Waals surface area contributed by atoms with Crippen LogP contribution in [0.15, 0.2) is 71.3 Å². The second-order valence-corrected chi connectivity index (χ2v) is 6.70. The highest BCUT2D eigenvalue weighted by Crippen LogP contribution is 2.26. The molecule has 7 nitrogen and oxygen atoms in total. The van der Waals surface area contributed by atoms with E-state index < -0.39 is 6.10 Å². The third-order valence-electron chi connectivity index (χ3n) is 4.63. The van der Waals surface area contributed by atoms with Gasteiger partial charge in [-0.2, -0.15) is 4.98 Å². The van der Waals surface area contributed by atoms with Crippen LogP contribution in [0.2, 0.25) is 0 Å². The molecule has 152 valence electrons. The number of methoxy groups -OCH3 is 1. The van der Waals surface area contributed by atoms with Gasteiger partial charge in [0.15, 0.2) is 6.10 Å². The quantitative estimate of drug-likeness (QED) is 0.502. The Bertz CT molecular complexity index is 1170. The number of hydrogen-bond acceptors (Lipinski definition) is 6. The summed E-state index contributed by atoms with van der Waals surface area (Å²) in [5, 5.41) is 8.74. The molecule has 0 radical (unpaired) electrons. The Morgan fingerprint density at radius 3 is 2.77 bits per heavy atom. The summed E-state index contributed by atoms with van der Waals surface area (Å²) in [4.78, 5) is 16.8. The molecule has 0 bridgehead atoms. The maximum absolute atomic E-state index is 12.5. The van der Waals surface area contributed by atoms with Gasteiger partial charge >= 0.3 is 0 Å². The Balaban J connectivity index is 1.38. The van der Waals surface area contributed by atoms with E-state index in [2.05, 4.69) is 15.5 Å². The number of ether oxygens (including phenoxy) is 2. The number of amides is 1. The second kappa shape index (κ2) is 8.65. The highest BCUT2D eigenvalue weighted by molar-refractivity contribution is 5.89. The fourth-order valence-corrected chi connectivity index (χ4v) is 3.05. The van der Waals surface area contributed by atoms with Crippen molar-refractivity contribution in [2.75, 3.05) is 7.11 Å². The number of nitrogens with one attached hydrogen (secondary N) is 1. The number of benzene rings is 3. The highest BCUT2D eigenvalue weighted by atomic mass is 16.5. The molecule has 0 fully saturated rings. The molecule has 3 aromatic carbocycles. The van der Waals surface area contributed by atoms with Crippen LogP contribution < -0.4 is 14.8 Å². The van der Waals surface area contributed by atoms with Gasteiger partial charge < -0.3 is 19.3 Å². The average molecular weight is 403 g/mol. The standard InChI is InChI=1S/C23H21N3O4/c1-15(29-20-12-6-8-16-7-3-4-11-19(16)20)23(27)24-14-21-25-22(26-30-21)17-9-5-10-18(13-17)28-2/h3-13,15H,14H2,1-2H3,(H,24,27)/t15-/m0/s1. The van der Waals surface area contributed by atoms with Crippen LogP contribution in [0, 0.1) is 0 Å². The van der Waals surface area contributed by atoms with Crippen molar-refractivity contribution in [3.05, 3.63) is 72.6 Å². The maximum atomic E-state index is 12.5. The Kier molecular flexibility index (Phi) is 5.61. The fourth-order valence-electron chi connectivity index (χ4n) is 3.05. The van der Waals surface area contributed by atoms with E-state index in [-0.39, 0.29) is 12.5 Å². The van der Waals surface area contributed by atoms with Crippen molar-refractivity contribution in [3.8, 4) is 22.9 Å². The number of hydrogen-bond donors (Lipinski definition) is 1. The minimum absolute atomic E-state index is 0.110. The van der Waals surface area contributed by atoms with Crippen molar-refractivity contribution < 1.29 is 18.8 Å². The maximum Gasteiger partial charge on any atom is 0.261 e. The third kappa shape index (κ3) is 4.25. The van der Waals surface area contributed by atoms with Crippen LogP contribution in [0.1, 0.15) is 12.8 Å². The lowest BCUT2D eigenvalue weighted by molar-refractivity contribution is -0.127. The molecule has 4 aromatic rings. The first-order valence-corrected chi connectivity index (χ1v) is 9.53. The number of fused-ring (bicyclic) bond motifs is 1. The van der Waals surface area contributed by atoms with Crippen molar-refractivity contribution >= 4 is 16.7 Å². The van der Waals surface area contributed by atoms with Crippen molar-refractivity contribution in [1.29, 1.82) is 0 Å². The zero-order chi connectivity index (χ0) is 20.9. The number of rotatable bonds is 7. The predicted octanol–water partition coefficient (Wildman–Crippen LogP) is 3.98. The summed E-state index contributed by atoms with van der Waals surface area (Å²) in [7, 11) is 1.60. The first-order valence-electron chi connectivity index (χ1n) is 9.53. The largest absolute Gasteiger partial charge is 0.497 e. The lowest BCUT2D eigenvalue weighted by Crippen LogP contribution is -2.36. The van der Waals surface area contributed by atoms with Gasteiger partial charge in [-0.05, 0) is 30.5 Å². The Hall–Kier alpha value is -3.87. The Morgan fingerprint density at radius 1 is 1.10 bits per heavy atom. The molecule has 4 rings (SSSR count). The highest BCUT2D eigenvalue weighted by Gasteiger charge is 2.17. The van der Waals surface area contributed by atoms with Crippen LogP contribution >= 0.6 is 0 Å². The lowest BCUT2D eigenvalue weighted by Gasteiger charge is -2.15. The topological polar surface area (TPSA) is 86.5 Å². The van der Waals surface area contributed by atoms with Gasteiger partial charge in [0.25, 0.3) is 5.91 Å². The van der Waals surface area contributed by atoms with Crippen molar-refractivity contribution in [3.63, 3.8) is 0 Å². The summed E-state index contributed by atoms with van der Waals surface area (Å²) in [5.41, 5.74) is 0.767. The van der Waals surface area contributed by atoms with Gasteiger partial charge in [0.1, 0.15) is 11.5 Å². The average Bonchev–Trinajstić information content (AvgIpc) is 3.27. The van der Waals surface area contributed by atoms with Gasteiger partial charge in [0.2, 0.25) is 11.7 Å². The third-order valence-corrected chi connectivity index (χ3v) is 4.63. The second-order valence-electron chi connectivity index (χ2n) is 6.70. The van der Waals surface area contributed by atoms with Gasteiger partial charge in [0.05, 0.1) is 13.7 Å². The lowest BCUT2D eigenvalue weighted by atomic mass is 10.1. The van der Waals surface area contributed by atoms with E-state index in [1.807, 2.05) is 66.7 Å². The zero-order valence-electron chi connectivity index (χ0n) is 16.7. The number of carbonyl (C=O) groups is 1. The first-order chi connectivity index (χ1) is 14.6. The summed E-state index contributed by atoms with van der Waals surface area (Å²) in [5.74, 6) is 1.82. The molecule has 1 heterocycles. The van der Waals surface area contributed by atoms with Crippen molar-refractivity contribution in [1.82, 2.24) is 15.5 Å².